The Labute approximate surface area is 353 Å². The quantitative estimate of drug-likeness (QED) is 0.0380. The number of aliphatic hydroxyl groups excluding tert-OH is 1. The molecule has 0 aliphatic carbocycles. The second kappa shape index (κ2) is 49.2. The molecule has 0 saturated carbocycles. The predicted molar refractivity (Wildman–Crippen MR) is 251 cm³/mol. The minimum Gasteiger partial charge on any atom is -0.457 e. The lowest BCUT2D eigenvalue weighted by atomic mass is 10.1. The molecule has 1 atom stereocenters. The number of unbranched alkanes of at least 4 members (excludes halogenated alkanes) is 16. The molecule has 1 unspecified atom stereocenters. The molecule has 4 heteroatoms. The lowest BCUT2D eigenvalue weighted by Crippen LogP contribution is -2.27. The summed E-state index contributed by atoms with van der Waals surface area (Å²) < 4.78 is 11.2. The first-order valence-corrected chi connectivity index (χ1v) is 23.5. The van der Waals surface area contributed by atoms with Crippen molar-refractivity contribution >= 4 is 5.97 Å². The van der Waals surface area contributed by atoms with Gasteiger partial charge < -0.3 is 14.6 Å². The van der Waals surface area contributed by atoms with Crippen molar-refractivity contribution in [2.24, 2.45) is 0 Å². The number of aliphatic hydroxyl groups is 1. The van der Waals surface area contributed by atoms with Crippen LogP contribution in [-0.4, -0.2) is 37.0 Å². The monoisotopic (exact) mass is 789 g/mol. The fraction of sp³-hybridized carbons (Fsp3) is 0.642. The molecule has 0 amide bonds. The van der Waals surface area contributed by atoms with Crippen LogP contribution in [-0.2, 0) is 14.3 Å². The minimum atomic E-state index is -0.556. The van der Waals surface area contributed by atoms with Crippen molar-refractivity contribution in [2.75, 3.05) is 19.8 Å². The van der Waals surface area contributed by atoms with Gasteiger partial charge in [-0.25, -0.2) is 0 Å². The summed E-state index contributed by atoms with van der Waals surface area (Å²) in [5.41, 5.74) is 0. The van der Waals surface area contributed by atoms with Crippen molar-refractivity contribution in [2.45, 2.75) is 200 Å². The van der Waals surface area contributed by atoms with Crippen molar-refractivity contribution in [1.29, 1.82) is 0 Å². The molecule has 0 bridgehead atoms. The zero-order valence-electron chi connectivity index (χ0n) is 37.1. The summed E-state index contributed by atoms with van der Waals surface area (Å²) >= 11 is 0. The van der Waals surface area contributed by atoms with Gasteiger partial charge in [0, 0.05) is 13.0 Å². The van der Waals surface area contributed by atoms with Crippen LogP contribution in [0.25, 0.3) is 0 Å². The van der Waals surface area contributed by atoms with Crippen LogP contribution >= 0.6 is 0 Å². The van der Waals surface area contributed by atoms with Gasteiger partial charge in [-0.2, -0.15) is 0 Å². The van der Waals surface area contributed by atoms with Crippen molar-refractivity contribution < 1.29 is 19.4 Å². The van der Waals surface area contributed by atoms with E-state index in [4.69, 9.17) is 9.47 Å². The highest BCUT2D eigenvalue weighted by molar-refractivity contribution is 5.69. The van der Waals surface area contributed by atoms with Crippen LogP contribution in [0.4, 0.5) is 0 Å². The number of allylic oxidation sites excluding steroid dienone is 18. The van der Waals surface area contributed by atoms with E-state index in [0.717, 1.165) is 89.9 Å². The Hall–Kier alpha value is -2.95. The summed E-state index contributed by atoms with van der Waals surface area (Å²) in [6.07, 6.45) is 71.5. The van der Waals surface area contributed by atoms with Gasteiger partial charge in [0.15, 0.2) is 0 Å². The maximum atomic E-state index is 12.2. The number of ether oxygens (including phenoxy) is 2. The van der Waals surface area contributed by atoms with Gasteiger partial charge in [-0.15, -0.1) is 0 Å². The van der Waals surface area contributed by atoms with Crippen molar-refractivity contribution in [1.82, 2.24) is 0 Å². The normalized spacial score (nSPS) is 13.4. The SMILES string of the molecule is CC/C=C\C/C=C\C/C=C\C/C=C\C/C=C\C/C=C\CCCCCCCCCOCC(CO)OC(=O)CCCCCCCC/C=C\C/C=C\C/C=C\CCCCC. The van der Waals surface area contributed by atoms with Crippen molar-refractivity contribution in [3.63, 3.8) is 0 Å². The maximum Gasteiger partial charge on any atom is 0.306 e. The lowest BCUT2D eigenvalue weighted by molar-refractivity contribution is -0.154. The first kappa shape index (κ1) is 54.0. The maximum absolute atomic E-state index is 12.2. The van der Waals surface area contributed by atoms with Crippen molar-refractivity contribution in [3.05, 3.63) is 109 Å². The van der Waals surface area contributed by atoms with E-state index < -0.39 is 6.10 Å². The van der Waals surface area contributed by atoms with Gasteiger partial charge in [-0.1, -0.05) is 194 Å². The molecular formula is C53H88O4. The van der Waals surface area contributed by atoms with E-state index in [9.17, 15) is 9.90 Å². The van der Waals surface area contributed by atoms with Crippen molar-refractivity contribution in [3.8, 4) is 0 Å². The Morgan fingerprint density at radius 2 is 0.789 bits per heavy atom. The molecule has 0 aliphatic rings. The van der Waals surface area contributed by atoms with Crippen LogP contribution in [0.3, 0.4) is 0 Å². The standard InChI is InChI=1S/C53H88O4/c1-3-5-7-9-11-13-15-17-19-21-23-24-25-26-27-28-29-31-33-35-37-39-41-43-45-47-49-56-51-52(50-54)57-53(55)48-46-44-42-40-38-36-34-32-30-22-20-18-16-14-12-10-8-6-4-2/h5,7,11-14,17-20,23-24,26-27,29-32,52,54H,3-4,6,8-10,15-16,21-22,25,28,33-51H2,1-2H3/b7-5-,13-11-,14-12-,19-17-,20-18-,24-23-,27-26-,31-29-,32-30-. The van der Waals surface area contributed by atoms with E-state index in [2.05, 4.69) is 123 Å². The molecule has 0 heterocycles. The smallest absolute Gasteiger partial charge is 0.306 e. The van der Waals surface area contributed by atoms with Gasteiger partial charge >= 0.3 is 5.97 Å². The predicted octanol–water partition coefficient (Wildman–Crippen LogP) is 15.9. The molecule has 324 valence electrons. The van der Waals surface area contributed by atoms with E-state index in [1.54, 1.807) is 0 Å². The van der Waals surface area contributed by atoms with E-state index in [1.807, 2.05) is 0 Å². The van der Waals surface area contributed by atoms with Crippen LogP contribution in [0.15, 0.2) is 109 Å². The van der Waals surface area contributed by atoms with E-state index >= 15 is 0 Å². The van der Waals surface area contributed by atoms with Gasteiger partial charge in [0.1, 0.15) is 6.10 Å². The highest BCUT2D eigenvalue weighted by Crippen LogP contribution is 2.12. The third kappa shape index (κ3) is 47.3. The minimum absolute atomic E-state index is 0.189. The summed E-state index contributed by atoms with van der Waals surface area (Å²) in [5, 5.41) is 9.63. The number of carbonyl (C=O) groups is 1. The summed E-state index contributed by atoms with van der Waals surface area (Å²) in [5.74, 6) is -0.222. The van der Waals surface area contributed by atoms with Gasteiger partial charge in [0.2, 0.25) is 0 Å². The molecule has 0 fully saturated rings. The Morgan fingerprint density at radius 3 is 1.19 bits per heavy atom. The molecule has 0 radical (unpaired) electrons. The fourth-order valence-electron chi connectivity index (χ4n) is 6.10. The number of rotatable bonds is 42. The molecular weight excluding hydrogens is 701 g/mol. The first-order valence-electron chi connectivity index (χ1n) is 23.5. The van der Waals surface area contributed by atoms with Gasteiger partial charge in [-0.05, 0) is 103 Å². The lowest BCUT2D eigenvalue weighted by Gasteiger charge is -2.15. The topological polar surface area (TPSA) is 55.8 Å². The number of carbonyl (C=O) groups excluding carboxylic acids is 1. The van der Waals surface area contributed by atoms with Crippen LogP contribution in [0, 0.1) is 0 Å². The van der Waals surface area contributed by atoms with Crippen LogP contribution < -0.4 is 0 Å². The molecule has 0 rings (SSSR count). The molecule has 1 N–H and O–H groups in total. The molecule has 4 nitrogen and oxygen atoms in total. The average molecular weight is 789 g/mol. The van der Waals surface area contributed by atoms with Crippen LogP contribution in [0.2, 0.25) is 0 Å². The number of hydrogen-bond acceptors (Lipinski definition) is 4. The number of hydrogen-bond donors (Lipinski definition) is 1. The highest BCUT2D eigenvalue weighted by atomic mass is 16.6. The molecule has 0 spiro atoms. The summed E-state index contributed by atoms with van der Waals surface area (Å²) in [4.78, 5) is 12.2. The second-order valence-corrected chi connectivity index (χ2v) is 15.1. The van der Waals surface area contributed by atoms with Crippen LogP contribution in [0.1, 0.15) is 194 Å². The highest BCUT2D eigenvalue weighted by Gasteiger charge is 2.13. The molecule has 0 aliphatic heterocycles. The fourth-order valence-corrected chi connectivity index (χ4v) is 6.10. The van der Waals surface area contributed by atoms with Crippen LogP contribution in [0.5, 0.6) is 0 Å². The Bertz CT molecular complexity index is 1100. The van der Waals surface area contributed by atoms with E-state index in [1.165, 1.54) is 83.5 Å². The Balaban J connectivity index is 3.54. The molecule has 57 heavy (non-hydrogen) atoms. The second-order valence-electron chi connectivity index (χ2n) is 15.1. The zero-order valence-corrected chi connectivity index (χ0v) is 37.1. The summed E-state index contributed by atoms with van der Waals surface area (Å²) in [7, 11) is 0. The average Bonchev–Trinajstić information content (AvgIpc) is 3.22. The molecule has 0 aromatic rings. The molecule has 0 aromatic carbocycles. The third-order valence-corrected chi connectivity index (χ3v) is 9.58. The Morgan fingerprint density at radius 1 is 0.439 bits per heavy atom. The van der Waals surface area contributed by atoms with Gasteiger partial charge in [0.05, 0.1) is 13.2 Å². The zero-order chi connectivity index (χ0) is 41.2. The third-order valence-electron chi connectivity index (χ3n) is 9.58. The van der Waals surface area contributed by atoms with Gasteiger partial charge in [-0.3, -0.25) is 4.79 Å². The summed E-state index contributed by atoms with van der Waals surface area (Å²) in [6, 6.07) is 0. The van der Waals surface area contributed by atoms with E-state index in [0.29, 0.717) is 13.0 Å². The summed E-state index contributed by atoms with van der Waals surface area (Å²) in [6.45, 7) is 5.15. The Kier molecular flexibility index (Phi) is 46.7. The first-order chi connectivity index (χ1) is 28.2. The van der Waals surface area contributed by atoms with Gasteiger partial charge in [0.25, 0.3) is 0 Å². The molecule has 0 saturated heterocycles. The largest absolute Gasteiger partial charge is 0.457 e. The molecule has 0 aromatic heterocycles. The number of esters is 1. The van der Waals surface area contributed by atoms with E-state index in [-0.39, 0.29) is 19.2 Å².